The van der Waals surface area contributed by atoms with Gasteiger partial charge in [-0.3, -0.25) is 14.9 Å². The van der Waals surface area contributed by atoms with Crippen LogP contribution < -0.4 is 4.90 Å². The number of ketones is 1. The summed E-state index contributed by atoms with van der Waals surface area (Å²) in [5.74, 6) is -0.311. The molecule has 6 heteroatoms. The first-order valence-electron chi connectivity index (χ1n) is 6.45. The molecule has 0 aliphatic carbocycles. The third-order valence-corrected chi connectivity index (χ3v) is 2.88. The third-order valence-electron chi connectivity index (χ3n) is 2.88. The molecule has 0 fully saturated rings. The van der Waals surface area contributed by atoms with Crippen LogP contribution in [0.15, 0.2) is 18.2 Å². The molecule has 0 amide bonds. The lowest BCUT2D eigenvalue weighted by Crippen LogP contribution is -2.24. The molecule has 110 valence electrons. The second-order valence-electron chi connectivity index (χ2n) is 4.86. The number of hydrogen-bond donors (Lipinski definition) is 0. The van der Waals surface area contributed by atoms with Gasteiger partial charge in [-0.25, -0.2) is 0 Å². The Bertz CT molecular complexity index is 500. The van der Waals surface area contributed by atoms with Crippen molar-refractivity contribution in [2.24, 2.45) is 0 Å². The lowest BCUT2D eigenvalue weighted by atomic mass is 10.1. The molecule has 0 heterocycles. The van der Waals surface area contributed by atoms with Crippen LogP contribution in [0.1, 0.15) is 31.1 Å². The van der Waals surface area contributed by atoms with Crippen molar-refractivity contribution in [3.63, 3.8) is 0 Å². The van der Waals surface area contributed by atoms with Crippen LogP contribution in [0.3, 0.4) is 0 Å². The van der Waals surface area contributed by atoms with E-state index in [0.29, 0.717) is 18.8 Å². The molecule has 0 radical (unpaired) electrons. The van der Waals surface area contributed by atoms with Gasteiger partial charge in [0.05, 0.1) is 23.2 Å². The minimum absolute atomic E-state index is 0.130. The van der Waals surface area contributed by atoms with Gasteiger partial charge >= 0.3 is 0 Å². The summed E-state index contributed by atoms with van der Waals surface area (Å²) < 4.78 is 5.44. The van der Waals surface area contributed by atoms with Crippen molar-refractivity contribution in [3.8, 4) is 0 Å². The van der Waals surface area contributed by atoms with Crippen LogP contribution in [0, 0.1) is 10.1 Å². The minimum atomic E-state index is -0.529. The number of nitrogens with zero attached hydrogens (tertiary/aromatic N) is 2. The third kappa shape index (κ3) is 4.31. The van der Waals surface area contributed by atoms with E-state index < -0.39 is 4.92 Å². The molecule has 1 aromatic carbocycles. The Morgan fingerprint density at radius 2 is 2.10 bits per heavy atom. The van der Waals surface area contributed by atoms with E-state index in [1.54, 1.807) is 6.07 Å². The Kier molecular flexibility index (Phi) is 5.64. The Hall–Kier alpha value is -1.95. The second kappa shape index (κ2) is 7.00. The summed E-state index contributed by atoms with van der Waals surface area (Å²) >= 11 is 0. The van der Waals surface area contributed by atoms with Crippen LogP contribution in [0.25, 0.3) is 0 Å². The average Bonchev–Trinajstić information content (AvgIpc) is 2.37. The number of nitro groups is 1. The van der Waals surface area contributed by atoms with Crippen molar-refractivity contribution in [2.45, 2.75) is 26.9 Å². The molecule has 20 heavy (non-hydrogen) atoms. The Labute approximate surface area is 118 Å². The number of likely N-dealkylation sites (N-methyl/N-ethyl adjacent to an activating group) is 1. The number of hydrogen-bond acceptors (Lipinski definition) is 5. The van der Waals surface area contributed by atoms with Crippen LogP contribution in [0.2, 0.25) is 0 Å². The molecule has 1 rings (SSSR count). The summed E-state index contributed by atoms with van der Waals surface area (Å²) in [6.45, 7) is 6.38. The highest BCUT2D eigenvalue weighted by Gasteiger charge is 2.18. The van der Waals surface area contributed by atoms with E-state index >= 15 is 0 Å². The zero-order valence-corrected chi connectivity index (χ0v) is 12.3. The molecule has 0 atom stereocenters. The van der Waals surface area contributed by atoms with Crippen LogP contribution in [-0.2, 0) is 4.74 Å². The van der Waals surface area contributed by atoms with Crippen molar-refractivity contribution >= 4 is 17.2 Å². The van der Waals surface area contributed by atoms with Crippen molar-refractivity contribution in [2.75, 3.05) is 25.1 Å². The molecule has 0 spiro atoms. The number of carbonyl (C=O) groups is 1. The first kappa shape index (κ1) is 16.1. The fraction of sp³-hybridized carbons (Fsp3) is 0.500. The molecule has 0 unspecified atom stereocenters. The molecule has 0 aliphatic rings. The summed E-state index contributed by atoms with van der Waals surface area (Å²) in [7, 11) is 1.83. The van der Waals surface area contributed by atoms with Crippen molar-refractivity contribution in [3.05, 3.63) is 33.9 Å². The Morgan fingerprint density at radius 3 is 2.60 bits per heavy atom. The van der Waals surface area contributed by atoms with E-state index in [2.05, 4.69) is 0 Å². The van der Waals surface area contributed by atoms with Gasteiger partial charge in [-0.2, -0.15) is 0 Å². The van der Waals surface area contributed by atoms with Crippen LogP contribution >= 0.6 is 0 Å². The lowest BCUT2D eigenvalue weighted by Gasteiger charge is -2.20. The number of Topliss-reactive ketones (excluding diaryl/α,β-unsaturated/α-hetero) is 1. The highest BCUT2D eigenvalue weighted by atomic mass is 16.6. The Balaban J connectivity index is 2.88. The van der Waals surface area contributed by atoms with Gasteiger partial charge in [0, 0.05) is 25.3 Å². The summed E-state index contributed by atoms with van der Waals surface area (Å²) in [5, 5.41) is 11.0. The molecule has 1 aromatic rings. The quantitative estimate of drug-likeness (QED) is 0.436. The van der Waals surface area contributed by atoms with E-state index in [-0.39, 0.29) is 23.1 Å². The van der Waals surface area contributed by atoms with Crippen molar-refractivity contribution in [1.82, 2.24) is 0 Å². The molecule has 0 aliphatic heterocycles. The normalized spacial score (nSPS) is 10.7. The first-order chi connectivity index (χ1) is 9.32. The predicted molar refractivity (Wildman–Crippen MR) is 77.5 cm³/mol. The zero-order valence-electron chi connectivity index (χ0n) is 12.3. The maximum absolute atomic E-state index is 11.4. The topological polar surface area (TPSA) is 72.7 Å². The summed E-state index contributed by atoms with van der Waals surface area (Å²) in [4.78, 5) is 23.7. The van der Waals surface area contributed by atoms with Gasteiger partial charge in [0.1, 0.15) is 0 Å². The first-order valence-corrected chi connectivity index (χ1v) is 6.45. The fourth-order valence-electron chi connectivity index (χ4n) is 1.76. The number of ether oxygens (including phenoxy) is 1. The standard InChI is InChI=1S/C14H20N2O4/c1-10(2)20-8-7-15(4)12-5-6-13(11(3)17)14(9-12)16(18)19/h5-6,9-10H,7-8H2,1-4H3. The van der Waals surface area contributed by atoms with Crippen molar-refractivity contribution < 1.29 is 14.5 Å². The van der Waals surface area contributed by atoms with Gasteiger partial charge in [0.15, 0.2) is 5.78 Å². The predicted octanol–water partition coefficient (Wildman–Crippen LogP) is 2.66. The largest absolute Gasteiger partial charge is 0.377 e. The van der Waals surface area contributed by atoms with Gasteiger partial charge in [-0.05, 0) is 32.9 Å². The summed E-state index contributed by atoms with van der Waals surface area (Å²) in [5.41, 5.74) is 0.659. The van der Waals surface area contributed by atoms with Gasteiger partial charge in [0.25, 0.3) is 5.69 Å². The van der Waals surface area contributed by atoms with Gasteiger partial charge in [0.2, 0.25) is 0 Å². The van der Waals surface area contributed by atoms with Gasteiger partial charge in [-0.15, -0.1) is 0 Å². The highest BCUT2D eigenvalue weighted by molar-refractivity contribution is 5.98. The molecule has 0 N–H and O–H groups in total. The summed E-state index contributed by atoms with van der Waals surface area (Å²) in [6.07, 6.45) is 0.151. The van der Waals surface area contributed by atoms with E-state index in [1.165, 1.54) is 19.1 Å². The second-order valence-corrected chi connectivity index (χ2v) is 4.86. The van der Waals surface area contributed by atoms with Crippen LogP contribution in [0.5, 0.6) is 0 Å². The SMILES string of the molecule is CC(=O)c1ccc(N(C)CCOC(C)C)cc1[N+](=O)[O-]. The fourth-order valence-corrected chi connectivity index (χ4v) is 1.76. The molecule has 6 nitrogen and oxygen atoms in total. The van der Waals surface area contributed by atoms with E-state index in [0.717, 1.165) is 0 Å². The molecule has 0 bridgehead atoms. The minimum Gasteiger partial charge on any atom is -0.377 e. The van der Waals surface area contributed by atoms with Crippen LogP contribution in [0.4, 0.5) is 11.4 Å². The number of rotatable bonds is 7. The number of carbonyl (C=O) groups excluding carboxylic acids is 1. The molecule has 0 saturated carbocycles. The van der Waals surface area contributed by atoms with Gasteiger partial charge < -0.3 is 9.64 Å². The lowest BCUT2D eigenvalue weighted by molar-refractivity contribution is -0.385. The zero-order chi connectivity index (χ0) is 15.3. The van der Waals surface area contributed by atoms with Crippen LogP contribution in [-0.4, -0.2) is 37.0 Å². The number of anilines is 1. The maximum Gasteiger partial charge on any atom is 0.282 e. The van der Waals surface area contributed by atoms with Crippen molar-refractivity contribution in [1.29, 1.82) is 0 Å². The average molecular weight is 280 g/mol. The molecule has 0 aromatic heterocycles. The molecular formula is C14H20N2O4. The van der Waals surface area contributed by atoms with E-state index in [1.807, 2.05) is 25.8 Å². The smallest absolute Gasteiger partial charge is 0.282 e. The summed E-state index contributed by atoms with van der Waals surface area (Å²) in [6, 6.07) is 4.63. The van der Waals surface area contributed by atoms with E-state index in [4.69, 9.17) is 4.74 Å². The van der Waals surface area contributed by atoms with Gasteiger partial charge in [-0.1, -0.05) is 0 Å². The maximum atomic E-state index is 11.4. The number of nitro benzene ring substituents is 1. The molecular weight excluding hydrogens is 260 g/mol. The molecule has 0 saturated heterocycles. The Morgan fingerprint density at radius 1 is 1.45 bits per heavy atom. The number of benzene rings is 1. The van der Waals surface area contributed by atoms with E-state index in [9.17, 15) is 14.9 Å². The monoisotopic (exact) mass is 280 g/mol. The highest BCUT2D eigenvalue weighted by Crippen LogP contribution is 2.25.